The first-order valence-corrected chi connectivity index (χ1v) is 7.59. The van der Waals surface area contributed by atoms with Gasteiger partial charge in [0.05, 0.1) is 12.1 Å². The fourth-order valence-corrected chi connectivity index (χ4v) is 2.69. The number of carbonyl (C=O) groups is 1. The Morgan fingerprint density at radius 2 is 2.23 bits per heavy atom. The van der Waals surface area contributed by atoms with Crippen molar-refractivity contribution in [2.45, 2.75) is 52.0 Å². The molecule has 3 heterocycles. The zero-order chi connectivity index (χ0) is 15.7. The molecule has 1 atom stereocenters. The Morgan fingerprint density at radius 1 is 1.41 bits per heavy atom. The average Bonchev–Trinajstić information content (AvgIpc) is 3.16. The number of aryl methyl sites for hydroxylation is 1. The summed E-state index contributed by atoms with van der Waals surface area (Å²) in [6, 6.07) is 1.66. The maximum Gasteiger partial charge on any atom is 0.249 e. The van der Waals surface area contributed by atoms with Gasteiger partial charge in [-0.1, -0.05) is 24.2 Å². The third-order valence-corrected chi connectivity index (χ3v) is 3.83. The van der Waals surface area contributed by atoms with E-state index < -0.39 is 0 Å². The summed E-state index contributed by atoms with van der Waals surface area (Å²) in [7, 11) is 0. The molecule has 1 amide bonds. The lowest BCUT2D eigenvalue weighted by Crippen LogP contribution is -2.32. The molecule has 0 radical (unpaired) electrons. The zero-order valence-electron chi connectivity index (χ0n) is 13.1. The molecule has 118 valence electrons. The van der Waals surface area contributed by atoms with Crippen molar-refractivity contribution in [1.29, 1.82) is 0 Å². The molecule has 2 aromatic rings. The van der Waals surface area contributed by atoms with Crippen LogP contribution >= 0.6 is 0 Å². The average molecular weight is 304 g/mol. The summed E-state index contributed by atoms with van der Waals surface area (Å²) >= 11 is 0. The van der Waals surface area contributed by atoms with Crippen LogP contribution in [0, 0.1) is 6.92 Å². The van der Waals surface area contributed by atoms with Gasteiger partial charge in [0.15, 0.2) is 5.82 Å². The zero-order valence-corrected chi connectivity index (χ0v) is 13.1. The molecule has 1 aliphatic heterocycles. The third kappa shape index (κ3) is 2.88. The van der Waals surface area contributed by atoms with Gasteiger partial charge < -0.3 is 13.9 Å². The van der Waals surface area contributed by atoms with Crippen LogP contribution in [0.4, 0.5) is 0 Å². The van der Waals surface area contributed by atoms with Crippen molar-refractivity contribution in [3.8, 4) is 0 Å². The van der Waals surface area contributed by atoms with Crippen molar-refractivity contribution >= 4 is 5.91 Å². The monoisotopic (exact) mass is 304 g/mol. The summed E-state index contributed by atoms with van der Waals surface area (Å²) in [5, 5.41) is 7.80. The first-order chi connectivity index (χ1) is 10.5. The minimum Gasteiger partial charge on any atom is -0.361 e. The lowest BCUT2D eigenvalue weighted by atomic mass is 10.2. The number of amides is 1. The van der Waals surface area contributed by atoms with Gasteiger partial charge >= 0.3 is 0 Å². The fraction of sp³-hybridized carbons (Fsp3) is 0.600. The van der Waals surface area contributed by atoms with Gasteiger partial charge in [0, 0.05) is 18.5 Å². The van der Waals surface area contributed by atoms with Crippen LogP contribution in [0.25, 0.3) is 0 Å². The van der Waals surface area contributed by atoms with E-state index >= 15 is 0 Å². The molecule has 22 heavy (non-hydrogen) atoms. The third-order valence-electron chi connectivity index (χ3n) is 3.83. The van der Waals surface area contributed by atoms with Crippen LogP contribution in [0.5, 0.6) is 0 Å². The number of aromatic nitrogens is 3. The standard InChI is InChI=1S/C15H20N4O3/c1-9(2)14-16-15(22-18-14)12-5-4-6-19(12)13(20)8-11-7-10(3)17-21-11/h7,9,12H,4-6,8H2,1-3H3. The van der Waals surface area contributed by atoms with Crippen LogP contribution in [-0.2, 0) is 11.2 Å². The highest BCUT2D eigenvalue weighted by Crippen LogP contribution is 2.32. The summed E-state index contributed by atoms with van der Waals surface area (Å²) in [6.07, 6.45) is 1.99. The predicted molar refractivity (Wildman–Crippen MR) is 77.0 cm³/mol. The normalized spacial score (nSPS) is 18.4. The summed E-state index contributed by atoms with van der Waals surface area (Å²) in [5.74, 6) is 2.01. The van der Waals surface area contributed by atoms with Crippen LogP contribution in [0.3, 0.4) is 0 Å². The van der Waals surface area contributed by atoms with Gasteiger partial charge in [0.2, 0.25) is 11.8 Å². The van der Waals surface area contributed by atoms with Crippen molar-refractivity contribution in [3.05, 3.63) is 29.2 Å². The first-order valence-electron chi connectivity index (χ1n) is 7.59. The maximum atomic E-state index is 12.5. The van der Waals surface area contributed by atoms with Crippen molar-refractivity contribution in [1.82, 2.24) is 20.2 Å². The number of likely N-dealkylation sites (tertiary alicyclic amines) is 1. The van der Waals surface area contributed by atoms with Gasteiger partial charge in [-0.25, -0.2) is 0 Å². The van der Waals surface area contributed by atoms with Gasteiger partial charge in [-0.05, 0) is 19.8 Å². The van der Waals surface area contributed by atoms with Gasteiger partial charge in [-0.2, -0.15) is 4.98 Å². The fourth-order valence-electron chi connectivity index (χ4n) is 2.69. The summed E-state index contributed by atoms with van der Waals surface area (Å²) in [4.78, 5) is 18.7. The smallest absolute Gasteiger partial charge is 0.249 e. The topological polar surface area (TPSA) is 85.3 Å². The second kappa shape index (κ2) is 5.90. The highest BCUT2D eigenvalue weighted by molar-refractivity contribution is 5.78. The van der Waals surface area contributed by atoms with E-state index in [2.05, 4.69) is 15.3 Å². The number of rotatable bonds is 4. The minimum absolute atomic E-state index is 0.00273. The molecule has 0 aliphatic carbocycles. The van der Waals surface area contributed by atoms with Crippen molar-refractivity contribution in [2.75, 3.05) is 6.54 Å². The first kappa shape index (κ1) is 14.7. The molecule has 0 spiro atoms. The summed E-state index contributed by atoms with van der Waals surface area (Å²) < 4.78 is 10.5. The lowest BCUT2D eigenvalue weighted by molar-refractivity contribution is -0.132. The highest BCUT2D eigenvalue weighted by Gasteiger charge is 2.34. The molecule has 0 saturated carbocycles. The Balaban J connectivity index is 1.73. The van der Waals surface area contributed by atoms with Crippen LogP contribution in [0.1, 0.15) is 61.8 Å². The molecule has 1 fully saturated rings. The Hall–Kier alpha value is -2.18. The van der Waals surface area contributed by atoms with E-state index in [0.717, 1.165) is 18.5 Å². The molecule has 1 aliphatic rings. The molecular formula is C15H20N4O3. The largest absolute Gasteiger partial charge is 0.361 e. The number of carbonyl (C=O) groups excluding carboxylic acids is 1. The Labute approximate surface area is 128 Å². The van der Waals surface area contributed by atoms with Crippen LogP contribution in [0.2, 0.25) is 0 Å². The Kier molecular flexibility index (Phi) is 3.96. The van der Waals surface area contributed by atoms with E-state index in [0.29, 0.717) is 24.0 Å². The van der Waals surface area contributed by atoms with Gasteiger partial charge in [0.1, 0.15) is 11.8 Å². The van der Waals surface area contributed by atoms with Gasteiger partial charge in [-0.3, -0.25) is 4.79 Å². The van der Waals surface area contributed by atoms with E-state index in [4.69, 9.17) is 9.05 Å². The molecule has 0 bridgehead atoms. The van der Waals surface area contributed by atoms with E-state index in [1.165, 1.54) is 0 Å². The molecule has 0 aromatic carbocycles. The van der Waals surface area contributed by atoms with E-state index in [-0.39, 0.29) is 24.3 Å². The predicted octanol–water partition coefficient (Wildman–Crippen LogP) is 2.40. The van der Waals surface area contributed by atoms with Crippen LogP contribution in [0.15, 0.2) is 15.1 Å². The quantitative estimate of drug-likeness (QED) is 0.862. The van der Waals surface area contributed by atoms with Crippen LogP contribution in [-0.4, -0.2) is 32.6 Å². The minimum atomic E-state index is -0.128. The molecular weight excluding hydrogens is 284 g/mol. The molecule has 1 unspecified atom stereocenters. The number of hydrogen-bond acceptors (Lipinski definition) is 6. The molecule has 3 rings (SSSR count). The maximum absolute atomic E-state index is 12.5. The number of hydrogen-bond donors (Lipinski definition) is 0. The van der Waals surface area contributed by atoms with Gasteiger partial charge in [-0.15, -0.1) is 0 Å². The van der Waals surface area contributed by atoms with E-state index in [9.17, 15) is 4.79 Å². The number of nitrogens with zero attached hydrogens (tertiary/aromatic N) is 4. The van der Waals surface area contributed by atoms with Crippen molar-refractivity contribution < 1.29 is 13.8 Å². The molecule has 7 heteroatoms. The second-order valence-electron chi connectivity index (χ2n) is 6.00. The molecule has 2 aromatic heterocycles. The van der Waals surface area contributed by atoms with E-state index in [1.54, 1.807) is 11.0 Å². The van der Waals surface area contributed by atoms with Crippen LogP contribution < -0.4 is 0 Å². The van der Waals surface area contributed by atoms with E-state index in [1.807, 2.05) is 20.8 Å². The Morgan fingerprint density at radius 3 is 2.86 bits per heavy atom. The summed E-state index contributed by atoms with van der Waals surface area (Å²) in [6.45, 7) is 6.56. The molecule has 0 N–H and O–H groups in total. The second-order valence-corrected chi connectivity index (χ2v) is 6.00. The van der Waals surface area contributed by atoms with Gasteiger partial charge in [0.25, 0.3) is 0 Å². The van der Waals surface area contributed by atoms with Crippen molar-refractivity contribution in [3.63, 3.8) is 0 Å². The van der Waals surface area contributed by atoms with Crippen molar-refractivity contribution in [2.24, 2.45) is 0 Å². The highest BCUT2D eigenvalue weighted by atomic mass is 16.5. The lowest BCUT2D eigenvalue weighted by Gasteiger charge is -2.21. The molecule has 1 saturated heterocycles. The SMILES string of the molecule is Cc1cc(CC(=O)N2CCCC2c2nc(C(C)C)no2)on1. The summed E-state index contributed by atoms with van der Waals surface area (Å²) in [5.41, 5.74) is 0.777. The molecule has 7 nitrogen and oxygen atoms in total. The Bertz CT molecular complexity index is 661.